The Morgan fingerprint density at radius 1 is 1.56 bits per heavy atom. The first-order valence-electron chi connectivity index (χ1n) is 5.53. The van der Waals surface area contributed by atoms with Gasteiger partial charge < -0.3 is 10.0 Å². The van der Waals surface area contributed by atoms with E-state index in [1.807, 2.05) is 25.1 Å². The molecule has 0 unspecified atom stereocenters. The van der Waals surface area contributed by atoms with E-state index in [0.29, 0.717) is 25.9 Å². The van der Waals surface area contributed by atoms with Crippen LogP contribution in [0.5, 0.6) is 0 Å². The number of aromatic nitrogens is 1. The molecule has 0 spiro atoms. The second-order valence-electron chi connectivity index (χ2n) is 4.33. The van der Waals surface area contributed by atoms with Crippen LogP contribution < -0.4 is 0 Å². The van der Waals surface area contributed by atoms with Crippen LogP contribution in [0.15, 0.2) is 24.4 Å². The molecule has 0 saturated carbocycles. The maximum Gasteiger partial charge on any atom is 0.228 e. The van der Waals surface area contributed by atoms with Crippen molar-refractivity contribution in [3.63, 3.8) is 0 Å². The fourth-order valence-corrected chi connectivity index (χ4v) is 1.83. The number of likely N-dealkylation sites (tertiary alicyclic amines) is 1. The molecule has 1 amide bonds. The summed E-state index contributed by atoms with van der Waals surface area (Å²) < 4.78 is 0. The van der Waals surface area contributed by atoms with Gasteiger partial charge in [-0.3, -0.25) is 9.78 Å². The highest BCUT2D eigenvalue weighted by Gasteiger charge is 2.41. The molecule has 1 aliphatic rings. The number of hydrogen-bond donors (Lipinski definition) is 1. The molecule has 0 radical (unpaired) electrons. The summed E-state index contributed by atoms with van der Waals surface area (Å²) in [6.07, 6.45) is 2.70. The third-order valence-electron chi connectivity index (χ3n) is 3.04. The Morgan fingerprint density at radius 3 is 2.88 bits per heavy atom. The summed E-state index contributed by atoms with van der Waals surface area (Å²) in [5, 5.41) is 9.79. The normalized spacial score (nSPS) is 18.0. The zero-order valence-corrected chi connectivity index (χ0v) is 9.39. The first-order chi connectivity index (χ1) is 7.63. The third-order valence-corrected chi connectivity index (χ3v) is 3.04. The molecule has 4 heteroatoms. The van der Waals surface area contributed by atoms with Gasteiger partial charge in [0.25, 0.3) is 0 Å². The van der Waals surface area contributed by atoms with E-state index in [0.717, 1.165) is 5.69 Å². The standard InChI is InChI=1S/C12H16N2O2/c1-2-12(16)8-14(9-12)11(15)7-10-5-3-4-6-13-10/h3-6,16H,2,7-9H2,1H3. The smallest absolute Gasteiger partial charge is 0.228 e. The molecule has 0 aliphatic carbocycles. The van der Waals surface area contributed by atoms with Crippen LogP contribution in [0.3, 0.4) is 0 Å². The van der Waals surface area contributed by atoms with Crippen molar-refractivity contribution < 1.29 is 9.90 Å². The summed E-state index contributed by atoms with van der Waals surface area (Å²) in [4.78, 5) is 17.6. The summed E-state index contributed by atoms with van der Waals surface area (Å²) in [6.45, 7) is 2.84. The average molecular weight is 220 g/mol. The first kappa shape index (κ1) is 11.1. The molecule has 0 aromatic carbocycles. The van der Waals surface area contributed by atoms with Gasteiger partial charge in [0.05, 0.1) is 25.1 Å². The highest BCUT2D eigenvalue weighted by Crippen LogP contribution is 2.24. The van der Waals surface area contributed by atoms with Gasteiger partial charge >= 0.3 is 0 Å². The van der Waals surface area contributed by atoms with Crippen molar-refractivity contribution in [3.8, 4) is 0 Å². The second-order valence-corrected chi connectivity index (χ2v) is 4.33. The predicted octanol–water partition coefficient (Wildman–Crippen LogP) is 0.607. The second kappa shape index (κ2) is 4.22. The number of pyridine rings is 1. The van der Waals surface area contributed by atoms with Crippen LogP contribution in [-0.4, -0.2) is 39.6 Å². The van der Waals surface area contributed by atoms with Crippen LogP contribution in [0.25, 0.3) is 0 Å². The summed E-state index contributed by atoms with van der Waals surface area (Å²) in [6, 6.07) is 5.53. The van der Waals surface area contributed by atoms with Crippen molar-refractivity contribution >= 4 is 5.91 Å². The topological polar surface area (TPSA) is 53.4 Å². The molecule has 1 saturated heterocycles. The van der Waals surface area contributed by atoms with Crippen LogP contribution in [0.2, 0.25) is 0 Å². The van der Waals surface area contributed by atoms with Gasteiger partial charge in [-0.15, -0.1) is 0 Å². The lowest BCUT2D eigenvalue weighted by molar-refractivity contribution is -0.155. The Bertz CT molecular complexity index is 372. The Morgan fingerprint density at radius 2 is 2.31 bits per heavy atom. The van der Waals surface area contributed by atoms with Crippen molar-refractivity contribution in [2.75, 3.05) is 13.1 Å². The fourth-order valence-electron chi connectivity index (χ4n) is 1.83. The number of rotatable bonds is 3. The van der Waals surface area contributed by atoms with Crippen molar-refractivity contribution in [3.05, 3.63) is 30.1 Å². The summed E-state index contributed by atoms with van der Waals surface area (Å²) in [5.74, 6) is 0.0387. The lowest BCUT2D eigenvalue weighted by atomic mass is 9.91. The van der Waals surface area contributed by atoms with Gasteiger partial charge in [-0.05, 0) is 18.6 Å². The van der Waals surface area contributed by atoms with E-state index < -0.39 is 5.60 Å². The Balaban J connectivity index is 1.87. The van der Waals surface area contributed by atoms with Gasteiger partial charge in [-0.1, -0.05) is 13.0 Å². The van der Waals surface area contributed by atoms with E-state index in [4.69, 9.17) is 0 Å². The molecule has 1 aromatic heterocycles. The zero-order valence-electron chi connectivity index (χ0n) is 9.39. The molecule has 1 aliphatic heterocycles. The van der Waals surface area contributed by atoms with Gasteiger partial charge in [0.1, 0.15) is 0 Å². The zero-order chi connectivity index (χ0) is 11.6. The van der Waals surface area contributed by atoms with Crippen LogP contribution in [-0.2, 0) is 11.2 Å². The van der Waals surface area contributed by atoms with Crippen LogP contribution in [0.1, 0.15) is 19.0 Å². The van der Waals surface area contributed by atoms with Gasteiger partial charge in [0.15, 0.2) is 0 Å². The van der Waals surface area contributed by atoms with Crippen LogP contribution in [0, 0.1) is 0 Å². The largest absolute Gasteiger partial charge is 0.386 e. The van der Waals surface area contributed by atoms with E-state index in [-0.39, 0.29) is 5.91 Å². The fraction of sp³-hybridized carbons (Fsp3) is 0.500. The molecule has 0 atom stereocenters. The van der Waals surface area contributed by atoms with E-state index in [1.165, 1.54) is 0 Å². The Labute approximate surface area is 94.9 Å². The van der Waals surface area contributed by atoms with E-state index in [1.54, 1.807) is 11.1 Å². The van der Waals surface area contributed by atoms with Gasteiger partial charge in [0.2, 0.25) is 5.91 Å². The average Bonchev–Trinajstić information content (AvgIpc) is 2.26. The van der Waals surface area contributed by atoms with Crippen molar-refractivity contribution in [1.82, 2.24) is 9.88 Å². The molecule has 1 N–H and O–H groups in total. The number of amides is 1. The summed E-state index contributed by atoms with van der Waals surface area (Å²) in [7, 11) is 0. The third kappa shape index (κ3) is 2.22. The lowest BCUT2D eigenvalue weighted by Gasteiger charge is -2.46. The molecule has 2 rings (SSSR count). The number of carbonyl (C=O) groups excluding carboxylic acids is 1. The minimum atomic E-state index is -0.653. The number of nitrogens with zero attached hydrogens (tertiary/aromatic N) is 2. The Kier molecular flexibility index (Phi) is 2.92. The minimum absolute atomic E-state index is 0.0387. The number of aliphatic hydroxyl groups is 1. The van der Waals surface area contributed by atoms with Gasteiger partial charge in [-0.25, -0.2) is 0 Å². The minimum Gasteiger partial charge on any atom is -0.386 e. The molecule has 1 fully saturated rings. The maximum atomic E-state index is 11.8. The molecule has 1 aromatic rings. The van der Waals surface area contributed by atoms with Crippen molar-refractivity contribution in [1.29, 1.82) is 0 Å². The Hall–Kier alpha value is -1.42. The quantitative estimate of drug-likeness (QED) is 0.812. The van der Waals surface area contributed by atoms with E-state index in [2.05, 4.69) is 4.98 Å². The number of β-amino-alcohol motifs (C(OH)–C–C–N with tert-alkyl or cyclic N) is 1. The molecule has 2 heterocycles. The van der Waals surface area contributed by atoms with Crippen molar-refractivity contribution in [2.24, 2.45) is 0 Å². The predicted molar refractivity (Wildman–Crippen MR) is 59.8 cm³/mol. The van der Waals surface area contributed by atoms with Crippen LogP contribution in [0.4, 0.5) is 0 Å². The highest BCUT2D eigenvalue weighted by molar-refractivity contribution is 5.79. The van der Waals surface area contributed by atoms with Gasteiger partial charge in [0, 0.05) is 11.9 Å². The van der Waals surface area contributed by atoms with E-state index in [9.17, 15) is 9.90 Å². The van der Waals surface area contributed by atoms with Crippen LogP contribution >= 0.6 is 0 Å². The number of hydrogen-bond acceptors (Lipinski definition) is 3. The molecular formula is C12H16N2O2. The van der Waals surface area contributed by atoms with Gasteiger partial charge in [-0.2, -0.15) is 0 Å². The molecule has 4 nitrogen and oxygen atoms in total. The highest BCUT2D eigenvalue weighted by atomic mass is 16.3. The van der Waals surface area contributed by atoms with E-state index >= 15 is 0 Å². The number of carbonyl (C=O) groups is 1. The molecule has 16 heavy (non-hydrogen) atoms. The molecule has 0 bridgehead atoms. The molecular weight excluding hydrogens is 204 g/mol. The monoisotopic (exact) mass is 220 g/mol. The van der Waals surface area contributed by atoms with Crippen molar-refractivity contribution in [2.45, 2.75) is 25.4 Å². The summed E-state index contributed by atoms with van der Waals surface area (Å²) in [5.41, 5.74) is 0.124. The SMILES string of the molecule is CCC1(O)CN(C(=O)Cc2ccccn2)C1. The summed E-state index contributed by atoms with van der Waals surface area (Å²) >= 11 is 0. The molecule has 86 valence electrons. The lowest BCUT2D eigenvalue weighted by Crippen LogP contribution is -2.63. The first-order valence-corrected chi connectivity index (χ1v) is 5.53. The maximum absolute atomic E-state index is 11.8.